The first-order valence-electron chi connectivity index (χ1n) is 4.10. The zero-order chi connectivity index (χ0) is 9.97. The van der Waals surface area contributed by atoms with Gasteiger partial charge in [-0.15, -0.1) is 0 Å². The summed E-state index contributed by atoms with van der Waals surface area (Å²) in [7, 11) is 0. The number of carbonyl (C=O) groups is 1. The molecule has 14 heavy (non-hydrogen) atoms. The van der Waals surface area contributed by atoms with Crippen LogP contribution in [0.4, 0.5) is 0 Å². The van der Waals surface area contributed by atoms with Gasteiger partial charge in [-0.1, -0.05) is 12.1 Å². The lowest BCUT2D eigenvalue weighted by molar-refractivity contribution is -0.131. The largest absolute Gasteiger partial charge is 0.478 e. The molecule has 2 aromatic rings. The van der Waals surface area contributed by atoms with Gasteiger partial charge in [-0.2, -0.15) is 5.10 Å². The van der Waals surface area contributed by atoms with E-state index < -0.39 is 5.97 Å². The van der Waals surface area contributed by atoms with Gasteiger partial charge in [0.15, 0.2) is 0 Å². The molecule has 4 heteroatoms. The fourth-order valence-electron chi connectivity index (χ4n) is 1.30. The number of aromatic nitrogens is 2. The highest BCUT2D eigenvalue weighted by Crippen LogP contribution is 2.16. The summed E-state index contributed by atoms with van der Waals surface area (Å²) >= 11 is 0. The number of rotatable bonds is 2. The molecule has 1 aromatic heterocycles. The minimum Gasteiger partial charge on any atom is -0.478 e. The van der Waals surface area contributed by atoms with Crippen LogP contribution in [0.1, 0.15) is 5.56 Å². The Balaban J connectivity index is 2.51. The van der Waals surface area contributed by atoms with E-state index in [2.05, 4.69) is 10.2 Å². The molecule has 70 valence electrons. The molecule has 0 saturated carbocycles. The van der Waals surface area contributed by atoms with Gasteiger partial charge in [0, 0.05) is 11.5 Å². The maximum absolute atomic E-state index is 10.3. The molecule has 0 amide bonds. The summed E-state index contributed by atoms with van der Waals surface area (Å²) in [5, 5.41) is 16.1. The van der Waals surface area contributed by atoms with Gasteiger partial charge in [0.25, 0.3) is 0 Å². The Hall–Kier alpha value is -2.10. The van der Waals surface area contributed by atoms with Crippen molar-refractivity contribution in [3.8, 4) is 0 Å². The highest BCUT2D eigenvalue weighted by molar-refractivity contribution is 5.92. The van der Waals surface area contributed by atoms with E-state index >= 15 is 0 Å². The first-order valence-corrected chi connectivity index (χ1v) is 4.10. The van der Waals surface area contributed by atoms with E-state index in [1.165, 1.54) is 0 Å². The van der Waals surface area contributed by atoms with Crippen LogP contribution in [0, 0.1) is 0 Å². The van der Waals surface area contributed by atoms with Crippen molar-refractivity contribution in [2.24, 2.45) is 0 Å². The summed E-state index contributed by atoms with van der Waals surface area (Å²) in [6.45, 7) is 0. The second kappa shape index (κ2) is 3.33. The van der Waals surface area contributed by atoms with Crippen LogP contribution in [0.3, 0.4) is 0 Å². The Morgan fingerprint density at radius 1 is 1.50 bits per heavy atom. The number of nitrogens with one attached hydrogen (secondary N) is 1. The van der Waals surface area contributed by atoms with Crippen LogP contribution in [-0.2, 0) is 4.79 Å². The number of fused-ring (bicyclic) bond motifs is 1. The van der Waals surface area contributed by atoms with Crippen molar-refractivity contribution in [3.05, 3.63) is 36.0 Å². The number of hydrogen-bond donors (Lipinski definition) is 2. The van der Waals surface area contributed by atoms with Gasteiger partial charge in [-0.05, 0) is 17.7 Å². The van der Waals surface area contributed by atoms with Gasteiger partial charge >= 0.3 is 5.97 Å². The minimum absolute atomic E-state index is 0.846. The average Bonchev–Trinajstić information content (AvgIpc) is 2.62. The van der Waals surface area contributed by atoms with E-state index in [0.29, 0.717) is 0 Å². The van der Waals surface area contributed by atoms with Gasteiger partial charge < -0.3 is 5.11 Å². The molecular formula is C10H8N2O2. The summed E-state index contributed by atoms with van der Waals surface area (Å²) in [6, 6.07) is 5.58. The van der Waals surface area contributed by atoms with Gasteiger partial charge in [-0.3, -0.25) is 5.10 Å². The molecule has 1 heterocycles. The molecule has 0 aliphatic carbocycles. The van der Waals surface area contributed by atoms with Crippen LogP contribution in [-0.4, -0.2) is 21.3 Å². The second-order valence-corrected chi connectivity index (χ2v) is 2.85. The first kappa shape index (κ1) is 8.50. The second-order valence-electron chi connectivity index (χ2n) is 2.85. The predicted molar refractivity (Wildman–Crippen MR) is 52.8 cm³/mol. The molecule has 0 bridgehead atoms. The molecule has 4 nitrogen and oxygen atoms in total. The molecule has 1 aromatic carbocycles. The van der Waals surface area contributed by atoms with E-state index in [-0.39, 0.29) is 0 Å². The maximum atomic E-state index is 10.3. The molecule has 0 spiro atoms. The fraction of sp³-hybridized carbons (Fsp3) is 0. The van der Waals surface area contributed by atoms with Crippen molar-refractivity contribution < 1.29 is 9.90 Å². The van der Waals surface area contributed by atoms with E-state index in [0.717, 1.165) is 22.5 Å². The summed E-state index contributed by atoms with van der Waals surface area (Å²) in [5.74, 6) is -0.953. The quantitative estimate of drug-likeness (QED) is 0.704. The molecule has 0 unspecified atom stereocenters. The zero-order valence-electron chi connectivity index (χ0n) is 7.27. The monoisotopic (exact) mass is 188 g/mol. The van der Waals surface area contributed by atoms with Crippen molar-refractivity contribution >= 4 is 22.9 Å². The molecule has 0 saturated heterocycles. The van der Waals surface area contributed by atoms with E-state index in [1.807, 2.05) is 18.2 Å². The van der Waals surface area contributed by atoms with Crippen LogP contribution in [0.2, 0.25) is 0 Å². The summed E-state index contributed by atoms with van der Waals surface area (Å²) in [4.78, 5) is 10.3. The highest BCUT2D eigenvalue weighted by atomic mass is 16.4. The normalized spacial score (nSPS) is 11.1. The number of nitrogens with zero attached hydrogens (tertiary/aromatic N) is 1. The lowest BCUT2D eigenvalue weighted by Gasteiger charge is -1.93. The molecule has 0 radical (unpaired) electrons. The third-order valence-corrected chi connectivity index (χ3v) is 1.92. The van der Waals surface area contributed by atoms with Crippen molar-refractivity contribution in [1.29, 1.82) is 0 Å². The number of carboxylic acids is 1. The molecule has 2 N–H and O–H groups in total. The smallest absolute Gasteiger partial charge is 0.328 e. The van der Waals surface area contributed by atoms with Crippen molar-refractivity contribution in [2.45, 2.75) is 0 Å². The molecule has 2 rings (SSSR count). The Kier molecular flexibility index (Phi) is 2.02. The van der Waals surface area contributed by atoms with Crippen molar-refractivity contribution in [3.63, 3.8) is 0 Å². The summed E-state index contributed by atoms with van der Waals surface area (Å²) < 4.78 is 0. The van der Waals surface area contributed by atoms with Crippen LogP contribution < -0.4 is 0 Å². The number of H-pyrrole nitrogens is 1. The van der Waals surface area contributed by atoms with E-state index in [4.69, 9.17) is 5.11 Å². The lowest BCUT2D eigenvalue weighted by Crippen LogP contribution is -1.85. The lowest BCUT2D eigenvalue weighted by atomic mass is 10.1. The van der Waals surface area contributed by atoms with Crippen LogP contribution in [0.5, 0.6) is 0 Å². The van der Waals surface area contributed by atoms with E-state index in [1.54, 1.807) is 12.3 Å². The summed E-state index contributed by atoms with van der Waals surface area (Å²) in [5.41, 5.74) is 1.75. The zero-order valence-corrected chi connectivity index (χ0v) is 7.27. The summed E-state index contributed by atoms with van der Waals surface area (Å²) in [6.07, 6.45) is 4.35. The van der Waals surface area contributed by atoms with Crippen LogP contribution in [0.15, 0.2) is 30.5 Å². The van der Waals surface area contributed by atoms with E-state index in [9.17, 15) is 4.79 Å². The number of aromatic amines is 1. The highest BCUT2D eigenvalue weighted by Gasteiger charge is 1.98. The van der Waals surface area contributed by atoms with Crippen LogP contribution in [0.25, 0.3) is 17.0 Å². The Bertz CT molecular complexity index is 500. The maximum Gasteiger partial charge on any atom is 0.328 e. The van der Waals surface area contributed by atoms with Gasteiger partial charge in [0.2, 0.25) is 0 Å². The molecule has 0 aliphatic rings. The van der Waals surface area contributed by atoms with Gasteiger partial charge in [0.05, 0.1) is 11.7 Å². The topological polar surface area (TPSA) is 66.0 Å². The molecule has 0 atom stereocenters. The van der Waals surface area contributed by atoms with Crippen LogP contribution >= 0.6 is 0 Å². The first-order chi connectivity index (χ1) is 6.77. The standard InChI is InChI=1S/C10H8N2O2/c13-10(14)5-4-7-2-1-3-9-8(7)6-11-12-9/h1-6H,(H,11,12)(H,13,14)/b5-4+. The third kappa shape index (κ3) is 1.50. The van der Waals surface area contributed by atoms with Gasteiger partial charge in [0.1, 0.15) is 0 Å². The minimum atomic E-state index is -0.953. The molecular weight excluding hydrogens is 180 g/mol. The third-order valence-electron chi connectivity index (χ3n) is 1.92. The molecule has 0 fully saturated rings. The van der Waals surface area contributed by atoms with Crippen molar-refractivity contribution in [2.75, 3.05) is 0 Å². The number of benzene rings is 1. The number of hydrogen-bond acceptors (Lipinski definition) is 2. The molecule has 0 aliphatic heterocycles. The Labute approximate surface area is 79.9 Å². The Morgan fingerprint density at radius 2 is 2.36 bits per heavy atom. The van der Waals surface area contributed by atoms with Crippen molar-refractivity contribution in [1.82, 2.24) is 10.2 Å². The Morgan fingerprint density at radius 3 is 3.14 bits per heavy atom. The fourth-order valence-corrected chi connectivity index (χ4v) is 1.30. The number of carboxylic acid groups (broad SMARTS) is 1. The average molecular weight is 188 g/mol. The number of aliphatic carboxylic acids is 1. The predicted octanol–water partition coefficient (Wildman–Crippen LogP) is 1.66. The SMILES string of the molecule is O=C(O)/C=C/c1cccc2[nH]ncc12. The van der Waals surface area contributed by atoms with Gasteiger partial charge in [-0.25, -0.2) is 4.79 Å².